The number of para-hydroxylation sites is 4. The maximum atomic E-state index is 3.50. The molecule has 0 unspecified atom stereocenters. The second kappa shape index (κ2) is 9.72. The Labute approximate surface area is 256 Å². The second-order valence-electron chi connectivity index (χ2n) is 11.8. The largest absolute Gasteiger partial charge is 0.310 e. The van der Waals surface area contributed by atoms with Gasteiger partial charge in [0, 0.05) is 39.1 Å². The fourth-order valence-corrected chi connectivity index (χ4v) is 7.20. The molecule has 0 saturated heterocycles. The first-order chi connectivity index (χ1) is 21.7. The number of rotatable bonds is 3. The average molecular weight is 568 g/mol. The van der Waals surface area contributed by atoms with Crippen LogP contribution >= 0.6 is 0 Å². The van der Waals surface area contributed by atoms with Gasteiger partial charge in [-0.2, -0.15) is 0 Å². The maximum Gasteiger partial charge on any atom is 0.242 e. The fraction of sp³-hybridized carbons (Fsp3) is 0.0750. The standard InChI is InChI=1S/C40H30N4/c1-42-26-41-40-32(15-9-19-38(40)42)29-23-22-28-21-20-27-10-2-5-16-35(27)43(39(28)24-29)30-11-8-12-31(25-30)44-36-17-6-3-13-33(36)34-14-4-7-18-37(34)44/h2-19,22-26H,20-21H2,1H3/p+1. The van der Waals surface area contributed by atoms with Crippen molar-refractivity contribution >= 4 is 49.9 Å². The normalized spacial score (nSPS) is 12.9. The summed E-state index contributed by atoms with van der Waals surface area (Å²) in [6.45, 7) is 0. The van der Waals surface area contributed by atoms with Crippen LogP contribution in [0.3, 0.4) is 0 Å². The monoisotopic (exact) mass is 567 g/mol. The Bertz CT molecular complexity index is 2320. The first-order valence-corrected chi connectivity index (χ1v) is 15.3. The highest BCUT2D eigenvalue weighted by atomic mass is 15.2. The zero-order valence-corrected chi connectivity index (χ0v) is 24.5. The van der Waals surface area contributed by atoms with Gasteiger partial charge in [0.2, 0.25) is 6.33 Å². The fourth-order valence-electron chi connectivity index (χ4n) is 7.20. The highest BCUT2D eigenvalue weighted by molar-refractivity contribution is 6.09. The van der Waals surface area contributed by atoms with Crippen LogP contribution in [0.5, 0.6) is 0 Å². The summed E-state index contributed by atoms with van der Waals surface area (Å²) in [4.78, 5) is 5.98. The van der Waals surface area contributed by atoms with Crippen molar-refractivity contribution in [3.63, 3.8) is 0 Å². The van der Waals surface area contributed by atoms with Gasteiger partial charge in [-0.15, -0.1) is 0 Å². The summed E-state index contributed by atoms with van der Waals surface area (Å²) in [6, 6.07) is 48.9. The maximum absolute atomic E-state index is 3.50. The third kappa shape index (κ3) is 3.74. The van der Waals surface area contributed by atoms with Gasteiger partial charge in [-0.3, -0.25) is 0 Å². The summed E-state index contributed by atoms with van der Waals surface area (Å²) in [5.41, 5.74) is 14.7. The third-order valence-electron chi connectivity index (χ3n) is 9.28. The van der Waals surface area contributed by atoms with Crippen LogP contribution in [0.2, 0.25) is 0 Å². The summed E-state index contributed by atoms with van der Waals surface area (Å²) in [7, 11) is 2.09. The molecule has 210 valence electrons. The Balaban J connectivity index is 1.27. The molecule has 44 heavy (non-hydrogen) atoms. The van der Waals surface area contributed by atoms with Gasteiger partial charge in [-0.1, -0.05) is 78.9 Å². The van der Waals surface area contributed by atoms with E-state index in [2.05, 4.69) is 160 Å². The Morgan fingerprint density at radius 2 is 1.27 bits per heavy atom. The molecule has 0 saturated carbocycles. The van der Waals surface area contributed by atoms with Crippen molar-refractivity contribution < 1.29 is 4.57 Å². The smallest absolute Gasteiger partial charge is 0.242 e. The number of fused-ring (bicyclic) bond motifs is 6. The van der Waals surface area contributed by atoms with Crippen molar-refractivity contribution in [3.8, 4) is 16.8 Å². The molecular weight excluding hydrogens is 536 g/mol. The molecule has 0 radical (unpaired) electrons. The molecule has 4 heteroatoms. The summed E-state index contributed by atoms with van der Waals surface area (Å²) < 4.78 is 4.55. The lowest BCUT2D eigenvalue weighted by atomic mass is 9.98. The molecule has 1 N–H and O–H groups in total. The molecule has 3 heterocycles. The van der Waals surface area contributed by atoms with Crippen molar-refractivity contribution in [2.75, 3.05) is 4.90 Å². The van der Waals surface area contributed by atoms with Gasteiger partial charge in [0.05, 0.1) is 18.1 Å². The van der Waals surface area contributed by atoms with Crippen LogP contribution in [0, 0.1) is 0 Å². The molecule has 2 aromatic heterocycles. The number of H-pyrrole nitrogens is 1. The molecule has 8 aromatic rings. The minimum absolute atomic E-state index is 0.997. The lowest BCUT2D eigenvalue weighted by Gasteiger charge is -2.28. The highest BCUT2D eigenvalue weighted by Gasteiger charge is 2.24. The quantitative estimate of drug-likeness (QED) is 0.212. The molecule has 0 aliphatic carbocycles. The number of anilines is 3. The molecule has 1 aliphatic rings. The number of imidazole rings is 1. The highest BCUT2D eigenvalue weighted by Crippen LogP contribution is 2.44. The van der Waals surface area contributed by atoms with Crippen LogP contribution in [-0.2, 0) is 19.9 Å². The number of aryl methyl sites for hydroxylation is 3. The molecule has 4 nitrogen and oxygen atoms in total. The molecule has 0 bridgehead atoms. The van der Waals surface area contributed by atoms with Gasteiger partial charge in [0.25, 0.3) is 0 Å². The minimum atomic E-state index is 0.997. The van der Waals surface area contributed by atoms with E-state index < -0.39 is 0 Å². The number of nitrogens with one attached hydrogen (secondary N) is 1. The van der Waals surface area contributed by atoms with Gasteiger partial charge in [0.15, 0.2) is 11.0 Å². The predicted octanol–water partition coefficient (Wildman–Crippen LogP) is 9.32. The zero-order chi connectivity index (χ0) is 29.2. The van der Waals surface area contributed by atoms with Gasteiger partial charge >= 0.3 is 0 Å². The Morgan fingerprint density at radius 1 is 0.591 bits per heavy atom. The lowest BCUT2D eigenvalue weighted by Crippen LogP contribution is -2.24. The van der Waals surface area contributed by atoms with E-state index in [1.54, 1.807) is 0 Å². The van der Waals surface area contributed by atoms with E-state index >= 15 is 0 Å². The van der Waals surface area contributed by atoms with Crippen LogP contribution in [-0.4, -0.2) is 9.55 Å². The molecule has 6 aromatic carbocycles. The molecular formula is C40H31N4+. The van der Waals surface area contributed by atoms with E-state index in [4.69, 9.17) is 0 Å². The topological polar surface area (TPSA) is 27.8 Å². The van der Waals surface area contributed by atoms with Crippen LogP contribution < -0.4 is 9.47 Å². The van der Waals surface area contributed by atoms with Crippen LogP contribution in [0.1, 0.15) is 11.1 Å². The first kappa shape index (κ1) is 24.9. The zero-order valence-electron chi connectivity index (χ0n) is 24.5. The Kier molecular flexibility index (Phi) is 5.51. The van der Waals surface area contributed by atoms with Crippen molar-refractivity contribution in [3.05, 3.63) is 151 Å². The number of hydrogen-bond donors (Lipinski definition) is 1. The Hall–Kier alpha value is -5.61. The number of benzene rings is 6. The Morgan fingerprint density at radius 3 is 2.09 bits per heavy atom. The lowest BCUT2D eigenvalue weighted by molar-refractivity contribution is -0.644. The number of nitrogens with zero attached hydrogens (tertiary/aromatic N) is 3. The molecule has 0 spiro atoms. The first-order valence-electron chi connectivity index (χ1n) is 15.3. The molecule has 0 amide bonds. The van der Waals surface area contributed by atoms with E-state index in [9.17, 15) is 0 Å². The van der Waals surface area contributed by atoms with Crippen molar-refractivity contribution in [1.29, 1.82) is 0 Å². The van der Waals surface area contributed by atoms with Crippen LogP contribution in [0.25, 0.3) is 49.7 Å². The van der Waals surface area contributed by atoms with E-state index in [0.29, 0.717) is 0 Å². The minimum Gasteiger partial charge on any atom is -0.310 e. The summed E-state index contributed by atoms with van der Waals surface area (Å²) in [5.74, 6) is 0. The van der Waals surface area contributed by atoms with E-state index in [1.807, 2.05) is 6.33 Å². The van der Waals surface area contributed by atoms with Crippen molar-refractivity contribution in [2.45, 2.75) is 12.8 Å². The summed E-state index contributed by atoms with van der Waals surface area (Å²) >= 11 is 0. The van der Waals surface area contributed by atoms with Crippen molar-refractivity contribution in [1.82, 2.24) is 9.55 Å². The van der Waals surface area contributed by atoms with E-state index in [0.717, 1.165) is 29.7 Å². The number of aromatic nitrogens is 3. The number of aromatic amines is 1. The van der Waals surface area contributed by atoms with Gasteiger partial charge in [-0.25, -0.2) is 9.55 Å². The van der Waals surface area contributed by atoms with E-state index in [1.165, 1.54) is 61.0 Å². The number of hydrogen-bond acceptors (Lipinski definition) is 1. The average Bonchev–Trinajstić information content (AvgIpc) is 3.57. The summed E-state index contributed by atoms with van der Waals surface area (Å²) in [6.07, 6.45) is 4.03. The van der Waals surface area contributed by atoms with Crippen molar-refractivity contribution in [2.24, 2.45) is 7.05 Å². The predicted molar refractivity (Wildman–Crippen MR) is 181 cm³/mol. The second-order valence-corrected chi connectivity index (χ2v) is 11.8. The van der Waals surface area contributed by atoms with Gasteiger partial charge in [-0.05, 0) is 84.1 Å². The van der Waals surface area contributed by atoms with Gasteiger partial charge < -0.3 is 9.47 Å². The molecule has 9 rings (SSSR count). The molecule has 0 fully saturated rings. The summed E-state index contributed by atoms with van der Waals surface area (Å²) in [5, 5.41) is 2.55. The third-order valence-corrected chi connectivity index (χ3v) is 9.28. The SMILES string of the molecule is C[n+]1c[nH]c2c(-c3ccc4c(c3)N(c3cccc(-n5c6ccccc6c6ccccc65)c3)c3ccccc3CC4)cccc21. The van der Waals surface area contributed by atoms with E-state index in [-0.39, 0.29) is 0 Å². The van der Waals surface area contributed by atoms with Crippen LogP contribution in [0.15, 0.2) is 140 Å². The molecule has 1 aliphatic heterocycles. The molecule has 0 atom stereocenters. The van der Waals surface area contributed by atoms with Crippen LogP contribution in [0.4, 0.5) is 17.1 Å². The van der Waals surface area contributed by atoms with Gasteiger partial charge in [0.1, 0.15) is 0 Å².